The molecule has 0 saturated heterocycles. The molecule has 2 heterocycles. The zero-order valence-corrected chi connectivity index (χ0v) is 35.0. The zero-order chi connectivity index (χ0) is 37.7. The average molecular weight is 867 g/mol. The summed E-state index contributed by atoms with van der Waals surface area (Å²) in [4.78, 5) is 29.6. The standard InChI is InChI=1S/C21H24Cl2N2O2S.C19H18BrCl2NO/c1-14-16-7-4-6-15(13-24-28(2,3)27)17(16)10-11-25(14)21(26)12-18-19(22)8-5-9-20(18)23;1-12-14-5-2-4-13(11-20)15(14)8-9-23(12)19(24)10-16-17(21)6-3-7-18(16)22/h4-9,14H,10-13H2,1-3H3;2-7,12H,8-11H2,1H3/t14-;12-/m00/s1. The van der Waals surface area contributed by atoms with Crippen molar-refractivity contribution in [2.75, 3.05) is 25.6 Å². The molecule has 2 aliphatic rings. The van der Waals surface area contributed by atoms with Crippen LogP contribution < -0.4 is 0 Å². The molecule has 0 N–H and O–H groups in total. The van der Waals surface area contributed by atoms with Gasteiger partial charge in [0.2, 0.25) is 11.8 Å². The third kappa shape index (κ3) is 9.55. The number of fused-ring (bicyclic) bond motifs is 2. The van der Waals surface area contributed by atoms with Crippen molar-refractivity contribution in [2.45, 2.75) is 63.5 Å². The molecule has 0 unspecified atom stereocenters. The lowest BCUT2D eigenvalue weighted by Gasteiger charge is -2.36. The first-order valence-electron chi connectivity index (χ1n) is 17.0. The number of carbonyl (C=O) groups excluding carboxylic acids is 2. The molecule has 276 valence electrons. The van der Waals surface area contributed by atoms with E-state index in [-0.39, 0.29) is 36.7 Å². The summed E-state index contributed by atoms with van der Waals surface area (Å²) in [6.45, 7) is 5.90. The van der Waals surface area contributed by atoms with Gasteiger partial charge in [-0.25, -0.2) is 4.36 Å². The SMILES string of the molecule is C[C@H]1c2cccc(CBr)c2CCN1C(=O)Cc1c(Cl)cccc1Cl.C[C@H]1c2cccc(CN=S(C)(C)=O)c2CCN1C(=O)Cc1c(Cl)cccc1Cl. The maximum absolute atomic E-state index is 13.0. The van der Waals surface area contributed by atoms with E-state index in [1.807, 2.05) is 28.9 Å². The number of nitrogens with zero attached hydrogens (tertiary/aromatic N) is 3. The van der Waals surface area contributed by atoms with Crippen LogP contribution in [0.15, 0.2) is 77.2 Å². The van der Waals surface area contributed by atoms with E-state index >= 15 is 0 Å². The highest BCUT2D eigenvalue weighted by atomic mass is 79.9. The summed E-state index contributed by atoms with van der Waals surface area (Å²) in [5.74, 6) is 0.0702. The van der Waals surface area contributed by atoms with Crippen molar-refractivity contribution in [1.29, 1.82) is 0 Å². The van der Waals surface area contributed by atoms with Gasteiger partial charge >= 0.3 is 0 Å². The molecule has 0 spiro atoms. The highest BCUT2D eigenvalue weighted by Gasteiger charge is 2.31. The van der Waals surface area contributed by atoms with E-state index in [0.29, 0.717) is 44.3 Å². The van der Waals surface area contributed by atoms with Crippen LogP contribution in [-0.4, -0.2) is 51.4 Å². The number of carbonyl (C=O) groups is 2. The second-order valence-electron chi connectivity index (χ2n) is 13.4. The first kappa shape index (κ1) is 40.6. The maximum atomic E-state index is 13.0. The minimum absolute atomic E-state index is 0.00776. The summed E-state index contributed by atoms with van der Waals surface area (Å²) in [5.41, 5.74) is 8.69. The highest BCUT2D eigenvalue weighted by Crippen LogP contribution is 2.35. The molecule has 0 aromatic heterocycles. The van der Waals surface area contributed by atoms with Gasteiger partial charge in [-0.15, -0.1) is 0 Å². The van der Waals surface area contributed by atoms with Crippen molar-refractivity contribution in [3.63, 3.8) is 0 Å². The van der Waals surface area contributed by atoms with Gasteiger partial charge in [-0.3, -0.25) is 13.8 Å². The Morgan fingerprint density at radius 3 is 1.48 bits per heavy atom. The monoisotopic (exact) mass is 863 g/mol. The van der Waals surface area contributed by atoms with Crippen molar-refractivity contribution in [1.82, 2.24) is 9.80 Å². The quantitative estimate of drug-likeness (QED) is 0.174. The number of benzene rings is 4. The summed E-state index contributed by atoms with van der Waals surface area (Å²) in [7, 11) is -2.14. The van der Waals surface area contributed by atoms with Gasteiger partial charge in [0, 0.05) is 60.8 Å². The highest BCUT2D eigenvalue weighted by molar-refractivity contribution is 9.08. The van der Waals surface area contributed by atoms with Crippen molar-refractivity contribution in [2.24, 2.45) is 4.36 Å². The Morgan fingerprint density at radius 1 is 0.692 bits per heavy atom. The molecular weight excluding hydrogens is 824 g/mol. The second kappa shape index (κ2) is 17.7. The predicted molar refractivity (Wildman–Crippen MR) is 220 cm³/mol. The van der Waals surface area contributed by atoms with Crippen LogP contribution in [0.5, 0.6) is 0 Å². The van der Waals surface area contributed by atoms with Crippen LogP contribution in [-0.2, 0) is 56.9 Å². The van der Waals surface area contributed by atoms with Gasteiger partial charge in [-0.1, -0.05) is 111 Å². The number of rotatable bonds is 7. The second-order valence-corrected chi connectivity index (χ2v) is 18.2. The molecule has 0 radical (unpaired) electrons. The molecule has 6 rings (SSSR count). The van der Waals surface area contributed by atoms with E-state index in [1.165, 1.54) is 22.3 Å². The lowest BCUT2D eigenvalue weighted by molar-refractivity contribution is -0.133. The normalized spacial score (nSPS) is 16.7. The Labute approximate surface area is 336 Å². The molecule has 0 fully saturated rings. The van der Waals surface area contributed by atoms with E-state index in [9.17, 15) is 13.8 Å². The molecule has 4 aromatic carbocycles. The van der Waals surface area contributed by atoms with E-state index < -0.39 is 9.73 Å². The Balaban J connectivity index is 0.000000203. The minimum atomic E-state index is -2.14. The Morgan fingerprint density at radius 2 is 1.08 bits per heavy atom. The molecular formula is C40H42BrCl4N3O3S. The molecule has 2 atom stereocenters. The molecule has 12 heteroatoms. The molecule has 2 amide bonds. The number of hydrogen-bond donors (Lipinski definition) is 0. The van der Waals surface area contributed by atoms with E-state index in [1.54, 1.807) is 48.9 Å². The predicted octanol–water partition coefficient (Wildman–Crippen LogP) is 10.5. The van der Waals surface area contributed by atoms with E-state index in [4.69, 9.17) is 46.4 Å². The minimum Gasteiger partial charge on any atom is -0.335 e. The Kier molecular flexibility index (Phi) is 13.8. The van der Waals surface area contributed by atoms with Crippen LogP contribution >= 0.6 is 62.3 Å². The van der Waals surface area contributed by atoms with Crippen LogP contribution in [0.4, 0.5) is 0 Å². The average Bonchev–Trinajstić information content (AvgIpc) is 3.10. The van der Waals surface area contributed by atoms with Crippen LogP contribution in [0, 0.1) is 0 Å². The van der Waals surface area contributed by atoms with Crippen molar-refractivity contribution in [3.05, 3.63) is 137 Å². The molecule has 4 aromatic rings. The molecule has 0 aliphatic carbocycles. The number of hydrogen-bond acceptors (Lipinski definition) is 4. The largest absolute Gasteiger partial charge is 0.335 e. The third-order valence-corrected chi connectivity index (χ3v) is 12.5. The van der Waals surface area contributed by atoms with Gasteiger partial charge in [0.15, 0.2) is 0 Å². The van der Waals surface area contributed by atoms with Crippen molar-refractivity contribution in [3.8, 4) is 0 Å². The summed E-state index contributed by atoms with van der Waals surface area (Å²) in [6.07, 6.45) is 5.33. The maximum Gasteiger partial charge on any atom is 0.227 e. The Hall–Kier alpha value is -2.59. The molecule has 2 aliphatic heterocycles. The lowest BCUT2D eigenvalue weighted by atomic mass is 9.89. The summed E-state index contributed by atoms with van der Waals surface area (Å²) in [5, 5.41) is 2.95. The number of alkyl halides is 1. The lowest BCUT2D eigenvalue weighted by Crippen LogP contribution is -2.40. The number of halogens is 5. The fourth-order valence-corrected chi connectivity index (χ4v) is 9.01. The third-order valence-electron chi connectivity index (χ3n) is 9.77. The van der Waals surface area contributed by atoms with Crippen LogP contribution in [0.3, 0.4) is 0 Å². The molecule has 0 bridgehead atoms. The van der Waals surface area contributed by atoms with Gasteiger partial charge < -0.3 is 9.80 Å². The summed E-state index contributed by atoms with van der Waals surface area (Å²) < 4.78 is 16.2. The van der Waals surface area contributed by atoms with Crippen LogP contribution in [0.1, 0.15) is 70.4 Å². The molecule has 0 saturated carbocycles. The first-order chi connectivity index (χ1) is 24.7. The fourth-order valence-electron chi connectivity index (χ4n) is 6.98. The smallest absolute Gasteiger partial charge is 0.227 e. The zero-order valence-electron chi connectivity index (χ0n) is 29.6. The van der Waals surface area contributed by atoms with E-state index in [0.717, 1.165) is 35.8 Å². The van der Waals surface area contributed by atoms with Gasteiger partial charge in [-0.2, -0.15) is 0 Å². The Bertz CT molecular complexity index is 2050. The molecule has 52 heavy (non-hydrogen) atoms. The van der Waals surface area contributed by atoms with Gasteiger partial charge in [-0.05, 0) is 95.5 Å². The molecule has 6 nitrogen and oxygen atoms in total. The summed E-state index contributed by atoms with van der Waals surface area (Å²) >= 11 is 28.4. The van der Waals surface area contributed by atoms with Crippen molar-refractivity contribution >= 4 is 83.9 Å². The van der Waals surface area contributed by atoms with Gasteiger partial charge in [0.1, 0.15) is 0 Å². The van der Waals surface area contributed by atoms with Crippen LogP contribution in [0.2, 0.25) is 20.1 Å². The first-order valence-corrected chi connectivity index (χ1v) is 22.0. The topological polar surface area (TPSA) is 70.1 Å². The van der Waals surface area contributed by atoms with Gasteiger partial charge in [0.05, 0.1) is 31.5 Å². The van der Waals surface area contributed by atoms with E-state index in [2.05, 4.69) is 51.5 Å². The fraction of sp³-hybridized carbons (Fsp3) is 0.350. The van der Waals surface area contributed by atoms with Crippen LogP contribution in [0.25, 0.3) is 0 Å². The number of amides is 2. The summed E-state index contributed by atoms with van der Waals surface area (Å²) in [6, 6.07) is 23.0. The van der Waals surface area contributed by atoms with Crippen molar-refractivity contribution < 1.29 is 13.8 Å². The van der Waals surface area contributed by atoms with Gasteiger partial charge in [0.25, 0.3) is 0 Å².